The molecule has 1 saturated carbocycles. The largest absolute Gasteiger partial charge is 0.317 e. The first-order chi connectivity index (χ1) is 8.85. The van der Waals surface area contributed by atoms with Crippen LogP contribution in [-0.2, 0) is 10.0 Å². The maximum absolute atomic E-state index is 12.0. The van der Waals surface area contributed by atoms with Gasteiger partial charge in [0.1, 0.15) is 0 Å². The molecular weight excluding hydrogens is 260 g/mol. The van der Waals surface area contributed by atoms with Gasteiger partial charge in [-0.2, -0.15) is 0 Å². The SMILES string of the molecule is CCCNCCCS(=O)(=O)NC1CCC(C)(C)CC1. The summed E-state index contributed by atoms with van der Waals surface area (Å²) in [5.41, 5.74) is 0.381. The quantitative estimate of drug-likeness (QED) is 0.674. The van der Waals surface area contributed by atoms with Gasteiger partial charge < -0.3 is 5.32 Å². The summed E-state index contributed by atoms with van der Waals surface area (Å²) >= 11 is 0. The molecule has 0 aromatic heterocycles. The van der Waals surface area contributed by atoms with Gasteiger partial charge in [-0.15, -0.1) is 0 Å². The molecule has 0 aromatic carbocycles. The highest BCUT2D eigenvalue weighted by molar-refractivity contribution is 7.89. The second-order valence-corrected chi connectivity index (χ2v) is 8.35. The first kappa shape index (κ1) is 16.9. The van der Waals surface area contributed by atoms with Gasteiger partial charge >= 0.3 is 0 Å². The summed E-state index contributed by atoms with van der Waals surface area (Å²) in [5, 5.41) is 3.23. The van der Waals surface area contributed by atoms with Crippen LogP contribution in [0.5, 0.6) is 0 Å². The summed E-state index contributed by atoms with van der Waals surface area (Å²) in [6.07, 6.45) is 5.94. The van der Waals surface area contributed by atoms with Crippen LogP contribution in [0.4, 0.5) is 0 Å². The molecule has 5 heteroatoms. The van der Waals surface area contributed by atoms with Gasteiger partial charge in [0.05, 0.1) is 5.75 Å². The van der Waals surface area contributed by atoms with E-state index in [2.05, 4.69) is 30.8 Å². The molecule has 19 heavy (non-hydrogen) atoms. The van der Waals surface area contributed by atoms with Crippen LogP contribution in [0.2, 0.25) is 0 Å². The predicted molar refractivity (Wildman–Crippen MR) is 80.7 cm³/mol. The van der Waals surface area contributed by atoms with Crippen molar-refractivity contribution in [3.05, 3.63) is 0 Å². The third-order valence-electron chi connectivity index (χ3n) is 3.88. The monoisotopic (exact) mass is 290 g/mol. The van der Waals surface area contributed by atoms with E-state index in [0.29, 0.717) is 11.8 Å². The fourth-order valence-electron chi connectivity index (χ4n) is 2.52. The zero-order valence-corrected chi connectivity index (χ0v) is 13.5. The molecule has 0 atom stereocenters. The standard InChI is InChI=1S/C14H30N2O2S/c1-4-10-15-11-5-12-19(17,18)16-13-6-8-14(2,3)9-7-13/h13,15-16H,4-12H2,1-3H3. The summed E-state index contributed by atoms with van der Waals surface area (Å²) in [6, 6.07) is 0.154. The predicted octanol–water partition coefficient (Wildman–Crippen LogP) is 2.26. The Morgan fingerprint density at radius 3 is 2.37 bits per heavy atom. The van der Waals surface area contributed by atoms with Crippen LogP contribution in [0.15, 0.2) is 0 Å². The average Bonchev–Trinajstić information content (AvgIpc) is 2.31. The maximum atomic E-state index is 12.0. The summed E-state index contributed by atoms with van der Waals surface area (Å²) in [4.78, 5) is 0. The Labute approximate surface area is 118 Å². The van der Waals surface area contributed by atoms with E-state index in [-0.39, 0.29) is 11.8 Å². The van der Waals surface area contributed by atoms with E-state index < -0.39 is 10.0 Å². The van der Waals surface area contributed by atoms with Crippen molar-refractivity contribution in [2.24, 2.45) is 5.41 Å². The summed E-state index contributed by atoms with van der Waals surface area (Å²) in [6.45, 7) is 8.38. The Bertz CT molecular complexity index is 342. The van der Waals surface area contributed by atoms with Gasteiger partial charge in [0.2, 0.25) is 10.0 Å². The van der Waals surface area contributed by atoms with E-state index in [9.17, 15) is 8.42 Å². The van der Waals surface area contributed by atoms with Gasteiger partial charge in [-0.3, -0.25) is 0 Å². The number of hydrogen-bond acceptors (Lipinski definition) is 3. The van der Waals surface area contributed by atoms with E-state index in [0.717, 1.165) is 45.2 Å². The second-order valence-electron chi connectivity index (χ2n) is 6.48. The number of sulfonamides is 1. The Hall–Kier alpha value is -0.130. The smallest absolute Gasteiger partial charge is 0.211 e. The minimum atomic E-state index is -3.10. The van der Waals surface area contributed by atoms with Gasteiger partial charge in [-0.05, 0) is 57.0 Å². The molecule has 114 valence electrons. The van der Waals surface area contributed by atoms with Crippen molar-refractivity contribution in [3.63, 3.8) is 0 Å². The molecule has 0 radical (unpaired) electrons. The molecule has 0 spiro atoms. The molecule has 0 amide bonds. The van der Waals surface area contributed by atoms with Crippen molar-refractivity contribution >= 4 is 10.0 Å². The fourth-order valence-corrected chi connectivity index (χ4v) is 3.90. The summed E-state index contributed by atoms with van der Waals surface area (Å²) in [5.74, 6) is 0.240. The van der Waals surface area contributed by atoms with Crippen LogP contribution in [-0.4, -0.2) is 33.3 Å². The van der Waals surface area contributed by atoms with E-state index in [1.54, 1.807) is 0 Å². The number of rotatable bonds is 8. The van der Waals surface area contributed by atoms with E-state index in [1.807, 2.05) is 0 Å². The third-order valence-corrected chi connectivity index (χ3v) is 5.40. The lowest BCUT2D eigenvalue weighted by atomic mass is 9.76. The molecule has 0 saturated heterocycles. The molecule has 0 aliphatic heterocycles. The van der Waals surface area contributed by atoms with Crippen LogP contribution < -0.4 is 10.0 Å². The Morgan fingerprint density at radius 1 is 1.16 bits per heavy atom. The molecule has 0 aromatic rings. The molecule has 0 bridgehead atoms. The van der Waals surface area contributed by atoms with Gasteiger partial charge in [-0.25, -0.2) is 13.1 Å². The molecule has 1 aliphatic carbocycles. The summed E-state index contributed by atoms with van der Waals surface area (Å²) in [7, 11) is -3.10. The molecular formula is C14H30N2O2S. The number of nitrogens with one attached hydrogen (secondary N) is 2. The molecule has 1 aliphatic rings. The van der Waals surface area contributed by atoms with Gasteiger partial charge in [0.25, 0.3) is 0 Å². The topological polar surface area (TPSA) is 58.2 Å². The van der Waals surface area contributed by atoms with Crippen molar-refractivity contribution in [1.82, 2.24) is 10.0 Å². The van der Waals surface area contributed by atoms with Gasteiger partial charge in [-0.1, -0.05) is 20.8 Å². The average molecular weight is 290 g/mol. The van der Waals surface area contributed by atoms with Gasteiger partial charge in [0, 0.05) is 6.04 Å². The van der Waals surface area contributed by atoms with E-state index >= 15 is 0 Å². The van der Waals surface area contributed by atoms with Crippen molar-refractivity contribution in [2.45, 2.75) is 65.3 Å². The van der Waals surface area contributed by atoms with Crippen LogP contribution in [0, 0.1) is 5.41 Å². The minimum absolute atomic E-state index is 0.154. The Kier molecular flexibility index (Phi) is 6.77. The van der Waals surface area contributed by atoms with Crippen LogP contribution in [0.3, 0.4) is 0 Å². The lowest BCUT2D eigenvalue weighted by molar-refractivity contribution is 0.218. The van der Waals surface area contributed by atoms with Gasteiger partial charge in [0.15, 0.2) is 0 Å². The van der Waals surface area contributed by atoms with Crippen molar-refractivity contribution in [1.29, 1.82) is 0 Å². The first-order valence-corrected chi connectivity index (χ1v) is 9.20. The van der Waals surface area contributed by atoms with Crippen molar-refractivity contribution in [2.75, 3.05) is 18.8 Å². The number of hydrogen-bond donors (Lipinski definition) is 2. The first-order valence-electron chi connectivity index (χ1n) is 7.55. The zero-order chi connectivity index (χ0) is 14.4. The van der Waals surface area contributed by atoms with Crippen molar-refractivity contribution in [3.8, 4) is 0 Å². The van der Waals surface area contributed by atoms with E-state index in [4.69, 9.17) is 0 Å². The molecule has 0 heterocycles. The molecule has 2 N–H and O–H groups in total. The Morgan fingerprint density at radius 2 is 1.79 bits per heavy atom. The van der Waals surface area contributed by atoms with E-state index in [1.165, 1.54) is 0 Å². The lowest BCUT2D eigenvalue weighted by Gasteiger charge is -2.34. The fraction of sp³-hybridized carbons (Fsp3) is 1.00. The van der Waals surface area contributed by atoms with Crippen LogP contribution >= 0.6 is 0 Å². The summed E-state index contributed by atoms with van der Waals surface area (Å²) < 4.78 is 26.8. The van der Waals surface area contributed by atoms with Crippen molar-refractivity contribution < 1.29 is 8.42 Å². The zero-order valence-electron chi connectivity index (χ0n) is 12.7. The van der Waals surface area contributed by atoms with Crippen LogP contribution in [0.1, 0.15) is 59.3 Å². The molecule has 1 fully saturated rings. The molecule has 0 unspecified atom stereocenters. The normalized spacial score (nSPS) is 20.6. The lowest BCUT2D eigenvalue weighted by Crippen LogP contribution is -2.40. The van der Waals surface area contributed by atoms with Crippen LogP contribution in [0.25, 0.3) is 0 Å². The minimum Gasteiger partial charge on any atom is -0.317 e. The Balaban J connectivity index is 2.23. The second kappa shape index (κ2) is 7.60. The highest BCUT2D eigenvalue weighted by Gasteiger charge is 2.28. The molecule has 4 nitrogen and oxygen atoms in total. The highest BCUT2D eigenvalue weighted by atomic mass is 32.2. The highest BCUT2D eigenvalue weighted by Crippen LogP contribution is 2.35. The molecule has 1 rings (SSSR count). The maximum Gasteiger partial charge on any atom is 0.211 e. The third kappa shape index (κ3) is 7.28.